The van der Waals surface area contributed by atoms with Crippen molar-refractivity contribution in [2.75, 3.05) is 0 Å². The van der Waals surface area contributed by atoms with E-state index in [1.807, 2.05) is 0 Å². The first-order valence-electron chi connectivity index (χ1n) is 4.13. The van der Waals surface area contributed by atoms with Crippen LogP contribution in [0.5, 0.6) is 0 Å². The molecule has 7 heteroatoms. The second kappa shape index (κ2) is 7.57. The van der Waals surface area contributed by atoms with Crippen LogP contribution < -0.4 is 0 Å². The lowest BCUT2D eigenvalue weighted by atomic mass is 10.1. The molecule has 0 atom stereocenters. The first kappa shape index (κ1) is 14.3. The zero-order chi connectivity index (χ0) is 13.3. The Balaban J connectivity index is 0.000000437. The summed E-state index contributed by atoms with van der Waals surface area (Å²) < 4.78 is 3.47. The quantitative estimate of drug-likeness (QED) is 0.577. The van der Waals surface area contributed by atoms with E-state index in [4.69, 9.17) is 19.8 Å². The van der Waals surface area contributed by atoms with E-state index < -0.39 is 11.9 Å². The van der Waals surface area contributed by atoms with Gasteiger partial charge in [0.05, 0.1) is 11.1 Å². The van der Waals surface area contributed by atoms with Crippen LogP contribution in [0.4, 0.5) is 0 Å². The van der Waals surface area contributed by atoms with Crippen molar-refractivity contribution >= 4 is 24.9 Å². The predicted molar refractivity (Wildman–Crippen MR) is 53.6 cm³/mol. The van der Waals surface area contributed by atoms with Crippen LogP contribution >= 0.6 is 0 Å². The number of benzene rings is 1. The highest BCUT2D eigenvalue weighted by atomic mass is 16.6. The SMILES string of the molecule is O=C(O)c1ccccc1C(=O)O.O=COC=O. The maximum Gasteiger partial charge on any atom is 0.336 e. The topological polar surface area (TPSA) is 118 Å². The van der Waals surface area contributed by atoms with E-state index in [9.17, 15) is 9.59 Å². The second-order valence-corrected chi connectivity index (χ2v) is 2.48. The van der Waals surface area contributed by atoms with Crippen molar-refractivity contribution in [3.8, 4) is 0 Å². The Morgan fingerprint density at radius 2 is 1.29 bits per heavy atom. The highest BCUT2D eigenvalue weighted by Crippen LogP contribution is 2.07. The largest absolute Gasteiger partial charge is 0.478 e. The lowest BCUT2D eigenvalue weighted by Gasteiger charge is -1.98. The van der Waals surface area contributed by atoms with Gasteiger partial charge in [-0.2, -0.15) is 0 Å². The van der Waals surface area contributed by atoms with Crippen LogP contribution in [0.25, 0.3) is 0 Å². The minimum atomic E-state index is -1.23. The number of carboxylic acid groups (broad SMARTS) is 2. The first-order chi connectivity index (χ1) is 8.04. The van der Waals surface area contributed by atoms with Crippen molar-refractivity contribution < 1.29 is 34.1 Å². The number of hydrogen-bond donors (Lipinski definition) is 2. The summed E-state index contributed by atoms with van der Waals surface area (Å²) in [5.41, 5.74) is -0.380. The van der Waals surface area contributed by atoms with Gasteiger partial charge in [-0.3, -0.25) is 9.59 Å². The minimum absolute atomic E-state index is 0.0625. The van der Waals surface area contributed by atoms with E-state index in [0.717, 1.165) is 0 Å². The number of ether oxygens (including phenoxy) is 1. The maximum atomic E-state index is 10.5. The van der Waals surface area contributed by atoms with E-state index in [1.54, 1.807) is 0 Å². The van der Waals surface area contributed by atoms with Gasteiger partial charge in [-0.1, -0.05) is 12.1 Å². The summed E-state index contributed by atoms with van der Waals surface area (Å²) >= 11 is 0. The molecule has 0 unspecified atom stereocenters. The van der Waals surface area contributed by atoms with Crippen LogP contribution in [-0.2, 0) is 14.3 Å². The number of carboxylic acids is 2. The average molecular weight is 240 g/mol. The van der Waals surface area contributed by atoms with E-state index in [2.05, 4.69) is 4.74 Å². The molecule has 1 aromatic rings. The zero-order valence-corrected chi connectivity index (χ0v) is 8.40. The summed E-state index contributed by atoms with van der Waals surface area (Å²) in [7, 11) is 0. The van der Waals surface area contributed by atoms with Gasteiger partial charge in [-0.15, -0.1) is 0 Å². The lowest BCUT2D eigenvalue weighted by Crippen LogP contribution is -2.06. The standard InChI is InChI=1S/C8H6O4.C2H2O3/c9-7(10)5-3-1-2-4-6(5)8(11)12;3-1-5-2-4/h1-4H,(H,9,10)(H,11,12);1-2H. The Bertz CT molecular complexity index is 385. The van der Waals surface area contributed by atoms with Crippen LogP contribution in [0.1, 0.15) is 20.7 Å². The van der Waals surface area contributed by atoms with E-state index >= 15 is 0 Å². The molecule has 0 amide bonds. The van der Waals surface area contributed by atoms with Crippen LogP contribution in [0.15, 0.2) is 24.3 Å². The molecule has 1 aromatic carbocycles. The number of aromatic carboxylic acids is 2. The number of carbonyl (C=O) groups excluding carboxylic acids is 2. The van der Waals surface area contributed by atoms with Crippen molar-refractivity contribution in [1.82, 2.24) is 0 Å². The third-order valence-corrected chi connectivity index (χ3v) is 1.50. The second-order valence-electron chi connectivity index (χ2n) is 2.48. The molecule has 0 saturated carbocycles. The zero-order valence-electron chi connectivity index (χ0n) is 8.40. The molecule has 0 heterocycles. The van der Waals surface area contributed by atoms with Gasteiger partial charge in [0.1, 0.15) is 0 Å². The molecule has 0 radical (unpaired) electrons. The van der Waals surface area contributed by atoms with Gasteiger partial charge in [-0.25, -0.2) is 9.59 Å². The third-order valence-electron chi connectivity index (χ3n) is 1.50. The van der Waals surface area contributed by atoms with Crippen molar-refractivity contribution in [3.05, 3.63) is 35.4 Å². The monoisotopic (exact) mass is 240 g/mol. The molecule has 0 fully saturated rings. The Morgan fingerprint density at radius 1 is 0.941 bits per heavy atom. The van der Waals surface area contributed by atoms with E-state index in [-0.39, 0.29) is 24.1 Å². The van der Waals surface area contributed by atoms with Gasteiger partial charge < -0.3 is 14.9 Å². The number of carbonyl (C=O) groups is 4. The maximum absolute atomic E-state index is 10.5. The molecule has 2 N–H and O–H groups in total. The van der Waals surface area contributed by atoms with Gasteiger partial charge in [0.15, 0.2) is 0 Å². The molecule has 0 aliphatic carbocycles. The molecule has 17 heavy (non-hydrogen) atoms. The highest BCUT2D eigenvalue weighted by Gasteiger charge is 2.13. The summed E-state index contributed by atoms with van der Waals surface area (Å²) in [6, 6.07) is 5.48. The van der Waals surface area contributed by atoms with E-state index in [0.29, 0.717) is 0 Å². The summed E-state index contributed by atoms with van der Waals surface area (Å²) in [5, 5.41) is 17.1. The molecule has 0 aromatic heterocycles. The fourth-order valence-electron chi connectivity index (χ4n) is 0.879. The smallest absolute Gasteiger partial charge is 0.336 e. The molecule has 0 aliphatic heterocycles. The molecule has 0 spiro atoms. The van der Waals surface area contributed by atoms with Gasteiger partial charge in [0.25, 0.3) is 0 Å². The predicted octanol–water partition coefficient (Wildman–Crippen LogP) is 0.399. The van der Waals surface area contributed by atoms with Crippen molar-refractivity contribution in [3.63, 3.8) is 0 Å². The summed E-state index contributed by atoms with van der Waals surface area (Å²) in [6.45, 7) is 0.125. The van der Waals surface area contributed by atoms with Crippen LogP contribution in [0.3, 0.4) is 0 Å². The van der Waals surface area contributed by atoms with Crippen LogP contribution in [0.2, 0.25) is 0 Å². The molecule has 0 aliphatic rings. The summed E-state index contributed by atoms with van der Waals surface area (Å²) in [5.74, 6) is -2.46. The minimum Gasteiger partial charge on any atom is -0.478 e. The molecule has 0 bridgehead atoms. The fourth-order valence-corrected chi connectivity index (χ4v) is 0.879. The molecular formula is C10H8O7. The van der Waals surface area contributed by atoms with Gasteiger partial charge >= 0.3 is 24.9 Å². The third kappa shape index (κ3) is 5.07. The first-order valence-corrected chi connectivity index (χ1v) is 4.13. The van der Waals surface area contributed by atoms with Crippen LogP contribution in [0, 0.1) is 0 Å². The Morgan fingerprint density at radius 3 is 1.47 bits per heavy atom. The summed E-state index contributed by atoms with van der Waals surface area (Å²) in [6.07, 6.45) is 0. The normalized spacial score (nSPS) is 8.24. The lowest BCUT2D eigenvalue weighted by molar-refractivity contribution is -0.141. The fraction of sp³-hybridized carbons (Fsp3) is 0. The Hall–Kier alpha value is -2.70. The summed E-state index contributed by atoms with van der Waals surface area (Å²) in [4.78, 5) is 38.8. The van der Waals surface area contributed by atoms with E-state index in [1.165, 1.54) is 24.3 Å². The van der Waals surface area contributed by atoms with Gasteiger partial charge in [0, 0.05) is 0 Å². The van der Waals surface area contributed by atoms with Crippen molar-refractivity contribution in [2.45, 2.75) is 0 Å². The van der Waals surface area contributed by atoms with Gasteiger partial charge in [0.2, 0.25) is 0 Å². The molecule has 0 saturated heterocycles. The molecule has 7 nitrogen and oxygen atoms in total. The molecular weight excluding hydrogens is 232 g/mol. The molecule has 1 rings (SSSR count). The Labute approximate surface area is 95.2 Å². The molecule has 90 valence electrons. The number of rotatable bonds is 4. The van der Waals surface area contributed by atoms with Gasteiger partial charge in [-0.05, 0) is 12.1 Å². The average Bonchev–Trinajstić information content (AvgIpc) is 2.30. The van der Waals surface area contributed by atoms with Crippen LogP contribution in [-0.4, -0.2) is 35.1 Å². The highest BCUT2D eigenvalue weighted by molar-refractivity contribution is 6.01. The van der Waals surface area contributed by atoms with Crippen molar-refractivity contribution in [2.24, 2.45) is 0 Å². The van der Waals surface area contributed by atoms with Crippen molar-refractivity contribution in [1.29, 1.82) is 0 Å². The number of hydrogen-bond acceptors (Lipinski definition) is 5. The Kier molecular flexibility index (Phi) is 6.37.